The second kappa shape index (κ2) is 8.26. The highest BCUT2D eigenvalue weighted by molar-refractivity contribution is 7.99. The van der Waals surface area contributed by atoms with Gasteiger partial charge in [0, 0.05) is 17.0 Å². The summed E-state index contributed by atoms with van der Waals surface area (Å²) >= 11 is 2.02. The molecular formula is C19H25NS. The van der Waals surface area contributed by atoms with Crippen LogP contribution in [0.15, 0.2) is 54.6 Å². The van der Waals surface area contributed by atoms with E-state index in [9.17, 15) is 0 Å². The highest BCUT2D eigenvalue weighted by Crippen LogP contribution is 2.29. The van der Waals surface area contributed by atoms with Crippen molar-refractivity contribution in [2.45, 2.75) is 37.8 Å². The Morgan fingerprint density at radius 1 is 1.05 bits per heavy atom. The van der Waals surface area contributed by atoms with Crippen molar-refractivity contribution in [1.29, 1.82) is 0 Å². The molecular weight excluding hydrogens is 274 g/mol. The molecule has 2 aromatic rings. The van der Waals surface area contributed by atoms with Crippen molar-refractivity contribution in [3.63, 3.8) is 0 Å². The Balaban J connectivity index is 2.00. The highest BCUT2D eigenvalue weighted by atomic mass is 32.2. The summed E-state index contributed by atoms with van der Waals surface area (Å²) in [5.74, 6) is 1.07. The Kier molecular flexibility index (Phi) is 6.34. The van der Waals surface area contributed by atoms with Crippen LogP contribution >= 0.6 is 11.8 Å². The maximum Gasteiger partial charge on any atom is 0.0437 e. The van der Waals surface area contributed by atoms with Gasteiger partial charge in [-0.2, -0.15) is 11.8 Å². The zero-order valence-electron chi connectivity index (χ0n) is 13.2. The molecule has 2 rings (SSSR count). The molecule has 2 aromatic carbocycles. The van der Waals surface area contributed by atoms with E-state index in [2.05, 4.69) is 80.7 Å². The van der Waals surface area contributed by atoms with Crippen molar-refractivity contribution >= 4 is 11.8 Å². The van der Waals surface area contributed by atoms with E-state index in [4.69, 9.17) is 0 Å². The molecule has 0 heterocycles. The smallest absolute Gasteiger partial charge is 0.0437 e. The lowest BCUT2D eigenvalue weighted by atomic mass is 10.0. The third-order valence-corrected chi connectivity index (χ3v) is 4.95. The molecule has 0 aromatic heterocycles. The van der Waals surface area contributed by atoms with Gasteiger partial charge in [0.05, 0.1) is 0 Å². The van der Waals surface area contributed by atoms with Gasteiger partial charge in [-0.05, 0) is 24.6 Å². The molecule has 0 aliphatic rings. The molecule has 0 amide bonds. The Labute approximate surface area is 133 Å². The fraction of sp³-hybridized carbons (Fsp3) is 0.368. The molecule has 0 aliphatic carbocycles. The number of benzene rings is 2. The molecule has 1 nitrogen and oxygen atoms in total. The molecule has 2 atom stereocenters. The van der Waals surface area contributed by atoms with Crippen LogP contribution in [0, 0.1) is 6.92 Å². The fourth-order valence-corrected chi connectivity index (χ4v) is 3.64. The number of thioether (sulfide) groups is 1. The van der Waals surface area contributed by atoms with E-state index in [-0.39, 0.29) is 0 Å². The van der Waals surface area contributed by atoms with Crippen LogP contribution in [0.1, 0.15) is 36.6 Å². The molecule has 0 saturated heterocycles. The minimum absolute atomic E-state index is 0.408. The summed E-state index contributed by atoms with van der Waals surface area (Å²) in [6.07, 6.45) is 0. The largest absolute Gasteiger partial charge is 0.309 e. The maximum atomic E-state index is 3.63. The average molecular weight is 299 g/mol. The summed E-state index contributed by atoms with van der Waals surface area (Å²) < 4.78 is 0. The SMILES string of the molecule is CCNC(c1ccccc1)C(C)SCc1cccc(C)c1. The number of hydrogen-bond acceptors (Lipinski definition) is 2. The molecule has 1 N–H and O–H groups in total. The summed E-state index contributed by atoms with van der Waals surface area (Å²) in [5.41, 5.74) is 4.13. The fourth-order valence-electron chi connectivity index (χ4n) is 2.56. The van der Waals surface area contributed by atoms with Gasteiger partial charge in [-0.15, -0.1) is 0 Å². The first kappa shape index (κ1) is 16.1. The minimum Gasteiger partial charge on any atom is -0.309 e. The van der Waals surface area contributed by atoms with E-state index in [0.29, 0.717) is 11.3 Å². The Hall–Kier alpha value is -1.25. The van der Waals surface area contributed by atoms with Crippen molar-refractivity contribution in [3.8, 4) is 0 Å². The maximum absolute atomic E-state index is 3.63. The molecule has 2 heteroatoms. The molecule has 0 bridgehead atoms. The van der Waals surface area contributed by atoms with Crippen LogP contribution in [0.25, 0.3) is 0 Å². The van der Waals surface area contributed by atoms with E-state index in [0.717, 1.165) is 12.3 Å². The van der Waals surface area contributed by atoms with Gasteiger partial charge in [-0.3, -0.25) is 0 Å². The number of hydrogen-bond donors (Lipinski definition) is 1. The Morgan fingerprint density at radius 2 is 1.81 bits per heavy atom. The van der Waals surface area contributed by atoms with Gasteiger partial charge in [0.1, 0.15) is 0 Å². The monoisotopic (exact) mass is 299 g/mol. The first-order chi connectivity index (χ1) is 10.2. The van der Waals surface area contributed by atoms with Crippen LogP contribution in [0.4, 0.5) is 0 Å². The number of rotatable bonds is 7. The summed E-state index contributed by atoms with van der Waals surface area (Å²) in [4.78, 5) is 0. The van der Waals surface area contributed by atoms with E-state index < -0.39 is 0 Å². The van der Waals surface area contributed by atoms with Crippen molar-refractivity contribution in [1.82, 2.24) is 5.32 Å². The topological polar surface area (TPSA) is 12.0 Å². The van der Waals surface area contributed by atoms with Crippen molar-refractivity contribution in [2.75, 3.05) is 6.54 Å². The summed E-state index contributed by atoms with van der Waals surface area (Å²) in [6.45, 7) is 7.65. The molecule has 0 saturated carbocycles. The Morgan fingerprint density at radius 3 is 2.48 bits per heavy atom. The number of aryl methyl sites for hydroxylation is 1. The summed E-state index contributed by atoms with van der Waals surface area (Å²) in [6, 6.07) is 20.0. The van der Waals surface area contributed by atoms with E-state index >= 15 is 0 Å². The first-order valence-electron chi connectivity index (χ1n) is 7.66. The summed E-state index contributed by atoms with van der Waals surface area (Å²) in [7, 11) is 0. The first-order valence-corrected chi connectivity index (χ1v) is 8.71. The standard InChI is InChI=1S/C19H25NS/c1-4-20-19(18-11-6-5-7-12-18)16(3)21-14-17-10-8-9-15(2)13-17/h5-13,16,19-20H,4,14H2,1-3H3. The van der Waals surface area contributed by atoms with Crippen LogP contribution in [0.2, 0.25) is 0 Å². The highest BCUT2D eigenvalue weighted by Gasteiger charge is 2.18. The molecule has 0 aliphatic heterocycles. The molecule has 0 radical (unpaired) electrons. The molecule has 0 fully saturated rings. The zero-order valence-corrected chi connectivity index (χ0v) is 14.0. The molecule has 21 heavy (non-hydrogen) atoms. The predicted molar refractivity (Wildman–Crippen MR) is 94.8 cm³/mol. The third kappa shape index (κ3) is 4.90. The van der Waals surface area contributed by atoms with Gasteiger partial charge in [-0.1, -0.05) is 74.0 Å². The van der Waals surface area contributed by atoms with E-state index in [1.54, 1.807) is 0 Å². The van der Waals surface area contributed by atoms with Gasteiger partial charge in [0.25, 0.3) is 0 Å². The van der Waals surface area contributed by atoms with Crippen molar-refractivity contribution in [3.05, 3.63) is 71.3 Å². The molecule has 2 unspecified atom stereocenters. The second-order valence-electron chi connectivity index (χ2n) is 5.45. The average Bonchev–Trinajstić information content (AvgIpc) is 2.51. The third-order valence-electron chi connectivity index (χ3n) is 3.65. The zero-order chi connectivity index (χ0) is 15.1. The van der Waals surface area contributed by atoms with Crippen molar-refractivity contribution in [2.24, 2.45) is 0 Å². The number of nitrogens with one attached hydrogen (secondary N) is 1. The van der Waals surface area contributed by atoms with Gasteiger partial charge in [0.15, 0.2) is 0 Å². The second-order valence-corrected chi connectivity index (χ2v) is 6.82. The van der Waals surface area contributed by atoms with Crippen molar-refractivity contribution < 1.29 is 0 Å². The van der Waals surface area contributed by atoms with Gasteiger partial charge in [0.2, 0.25) is 0 Å². The van der Waals surface area contributed by atoms with E-state index in [1.807, 2.05) is 11.8 Å². The van der Waals surface area contributed by atoms with Crippen LogP contribution in [0.5, 0.6) is 0 Å². The molecule has 112 valence electrons. The van der Waals surface area contributed by atoms with Crippen LogP contribution in [-0.4, -0.2) is 11.8 Å². The lowest BCUT2D eigenvalue weighted by Crippen LogP contribution is -2.28. The van der Waals surface area contributed by atoms with Crippen LogP contribution in [0.3, 0.4) is 0 Å². The minimum atomic E-state index is 0.408. The summed E-state index contributed by atoms with van der Waals surface area (Å²) in [5, 5.41) is 4.16. The van der Waals surface area contributed by atoms with Crippen LogP contribution in [-0.2, 0) is 5.75 Å². The van der Waals surface area contributed by atoms with Crippen LogP contribution < -0.4 is 5.32 Å². The predicted octanol–water partition coefficient (Wildman–Crippen LogP) is 4.97. The Bertz CT molecular complexity index is 538. The normalized spacial score (nSPS) is 13.9. The lowest BCUT2D eigenvalue weighted by Gasteiger charge is -2.25. The van der Waals surface area contributed by atoms with Gasteiger partial charge in [-0.25, -0.2) is 0 Å². The van der Waals surface area contributed by atoms with E-state index in [1.165, 1.54) is 16.7 Å². The quantitative estimate of drug-likeness (QED) is 0.775. The van der Waals surface area contributed by atoms with Gasteiger partial charge >= 0.3 is 0 Å². The van der Waals surface area contributed by atoms with Gasteiger partial charge < -0.3 is 5.32 Å². The molecule has 0 spiro atoms. The lowest BCUT2D eigenvalue weighted by molar-refractivity contribution is 0.548.